The molecule has 1 rings (SSSR count). The lowest BCUT2D eigenvalue weighted by molar-refractivity contribution is 0.252. The monoisotopic (exact) mass is 301 g/mol. The highest BCUT2D eigenvalue weighted by molar-refractivity contribution is 9.10. The Hall–Kier alpha value is -0.520. The average Bonchev–Trinajstić information content (AvgIpc) is 2.20. The SMILES string of the molecule is CC(CC(N)=S)N(C)Cc1ccc(Br)cn1. The highest BCUT2D eigenvalue weighted by atomic mass is 79.9. The zero-order valence-electron chi connectivity index (χ0n) is 9.48. The van der Waals surface area contributed by atoms with Gasteiger partial charge in [0, 0.05) is 29.7 Å². The van der Waals surface area contributed by atoms with Gasteiger partial charge in [0.05, 0.1) is 10.7 Å². The number of rotatable bonds is 5. The molecular formula is C11H16BrN3S. The smallest absolute Gasteiger partial charge is 0.0742 e. The molecule has 1 aromatic heterocycles. The van der Waals surface area contributed by atoms with Crippen LogP contribution in [0.3, 0.4) is 0 Å². The minimum Gasteiger partial charge on any atom is -0.393 e. The summed E-state index contributed by atoms with van der Waals surface area (Å²) in [5.74, 6) is 0. The molecule has 0 aromatic carbocycles. The highest BCUT2D eigenvalue weighted by Crippen LogP contribution is 2.10. The van der Waals surface area contributed by atoms with Crippen LogP contribution in [0.4, 0.5) is 0 Å². The summed E-state index contributed by atoms with van der Waals surface area (Å²) in [7, 11) is 2.05. The van der Waals surface area contributed by atoms with Crippen molar-refractivity contribution >= 4 is 33.1 Å². The molecule has 0 saturated carbocycles. The van der Waals surface area contributed by atoms with Crippen molar-refractivity contribution in [2.75, 3.05) is 7.05 Å². The predicted molar refractivity (Wildman–Crippen MR) is 74.3 cm³/mol. The first-order valence-corrected chi connectivity index (χ1v) is 6.28. The number of halogens is 1. The normalized spacial score (nSPS) is 12.8. The third-order valence-electron chi connectivity index (χ3n) is 2.45. The zero-order valence-corrected chi connectivity index (χ0v) is 11.9. The number of nitrogens with zero attached hydrogens (tertiary/aromatic N) is 2. The van der Waals surface area contributed by atoms with Gasteiger partial charge in [0.15, 0.2) is 0 Å². The summed E-state index contributed by atoms with van der Waals surface area (Å²) in [5.41, 5.74) is 6.57. The Balaban J connectivity index is 2.53. The molecule has 1 heterocycles. The summed E-state index contributed by atoms with van der Waals surface area (Å²) in [5, 5.41) is 0. The summed E-state index contributed by atoms with van der Waals surface area (Å²) in [6.07, 6.45) is 2.55. The van der Waals surface area contributed by atoms with Crippen LogP contribution in [-0.2, 0) is 6.54 Å². The first-order chi connectivity index (χ1) is 7.49. The molecule has 0 aliphatic heterocycles. The molecule has 0 aliphatic carbocycles. The van der Waals surface area contributed by atoms with Crippen LogP contribution in [0, 0.1) is 0 Å². The molecule has 1 atom stereocenters. The Kier molecular flexibility index (Phi) is 5.31. The van der Waals surface area contributed by atoms with Crippen molar-refractivity contribution in [1.29, 1.82) is 0 Å². The van der Waals surface area contributed by atoms with E-state index in [0.717, 1.165) is 23.1 Å². The second-order valence-electron chi connectivity index (χ2n) is 3.90. The minimum atomic E-state index is 0.336. The van der Waals surface area contributed by atoms with Gasteiger partial charge < -0.3 is 5.73 Å². The lowest BCUT2D eigenvalue weighted by Crippen LogP contribution is -2.32. The Labute approximate surface area is 110 Å². The Morgan fingerprint density at radius 1 is 1.62 bits per heavy atom. The number of hydrogen-bond donors (Lipinski definition) is 1. The first-order valence-electron chi connectivity index (χ1n) is 5.08. The lowest BCUT2D eigenvalue weighted by atomic mass is 10.2. The molecule has 1 aromatic rings. The molecule has 88 valence electrons. The number of nitrogens with two attached hydrogens (primary N) is 1. The predicted octanol–water partition coefficient (Wildman–Crippen LogP) is 2.34. The first kappa shape index (κ1) is 13.5. The Bertz CT molecular complexity index is 353. The van der Waals surface area contributed by atoms with Gasteiger partial charge >= 0.3 is 0 Å². The molecule has 0 fully saturated rings. The topological polar surface area (TPSA) is 42.1 Å². The molecule has 0 bridgehead atoms. The van der Waals surface area contributed by atoms with Gasteiger partial charge in [0.1, 0.15) is 0 Å². The van der Waals surface area contributed by atoms with E-state index in [0.29, 0.717) is 11.0 Å². The Morgan fingerprint density at radius 2 is 2.31 bits per heavy atom. The fourth-order valence-electron chi connectivity index (χ4n) is 1.36. The van der Waals surface area contributed by atoms with E-state index in [-0.39, 0.29) is 0 Å². The number of pyridine rings is 1. The number of aromatic nitrogens is 1. The van der Waals surface area contributed by atoms with Crippen molar-refractivity contribution in [3.05, 3.63) is 28.5 Å². The molecule has 0 spiro atoms. The molecule has 5 heteroatoms. The van der Waals surface area contributed by atoms with Gasteiger partial charge in [0.2, 0.25) is 0 Å². The van der Waals surface area contributed by atoms with Crippen LogP contribution >= 0.6 is 28.1 Å². The van der Waals surface area contributed by atoms with Crippen LogP contribution in [0.1, 0.15) is 19.0 Å². The van der Waals surface area contributed by atoms with E-state index in [9.17, 15) is 0 Å². The summed E-state index contributed by atoms with van der Waals surface area (Å²) < 4.78 is 0.995. The van der Waals surface area contributed by atoms with Crippen molar-refractivity contribution in [2.45, 2.75) is 25.9 Å². The largest absolute Gasteiger partial charge is 0.393 e. The summed E-state index contributed by atoms with van der Waals surface area (Å²) in [4.78, 5) is 7.08. The van der Waals surface area contributed by atoms with E-state index in [1.54, 1.807) is 6.20 Å². The van der Waals surface area contributed by atoms with Crippen LogP contribution in [0.15, 0.2) is 22.8 Å². The van der Waals surface area contributed by atoms with Crippen LogP contribution in [0.5, 0.6) is 0 Å². The van der Waals surface area contributed by atoms with Crippen molar-refractivity contribution in [1.82, 2.24) is 9.88 Å². The zero-order chi connectivity index (χ0) is 12.1. The minimum absolute atomic E-state index is 0.336. The number of hydrogen-bond acceptors (Lipinski definition) is 3. The van der Waals surface area contributed by atoms with Gasteiger partial charge in [-0.15, -0.1) is 0 Å². The maximum atomic E-state index is 5.53. The lowest BCUT2D eigenvalue weighted by Gasteiger charge is -2.23. The van der Waals surface area contributed by atoms with E-state index < -0.39 is 0 Å². The third-order valence-corrected chi connectivity index (χ3v) is 3.08. The molecule has 0 amide bonds. The van der Waals surface area contributed by atoms with E-state index in [1.807, 2.05) is 19.2 Å². The van der Waals surface area contributed by atoms with Crippen molar-refractivity contribution < 1.29 is 0 Å². The summed E-state index contributed by atoms with van der Waals surface area (Å²) >= 11 is 8.27. The molecule has 2 N–H and O–H groups in total. The highest BCUT2D eigenvalue weighted by Gasteiger charge is 2.11. The van der Waals surface area contributed by atoms with Crippen LogP contribution in [-0.4, -0.2) is 28.0 Å². The van der Waals surface area contributed by atoms with Crippen molar-refractivity contribution in [2.24, 2.45) is 5.73 Å². The quantitative estimate of drug-likeness (QED) is 0.848. The standard InChI is InChI=1S/C11H16BrN3S/c1-8(5-11(13)16)15(2)7-10-4-3-9(12)6-14-10/h3-4,6,8H,5,7H2,1-2H3,(H2,13,16). The van der Waals surface area contributed by atoms with E-state index in [4.69, 9.17) is 18.0 Å². The molecular weight excluding hydrogens is 286 g/mol. The third kappa shape index (κ3) is 4.55. The van der Waals surface area contributed by atoms with Gasteiger partial charge in [-0.05, 0) is 42.0 Å². The van der Waals surface area contributed by atoms with Crippen LogP contribution < -0.4 is 5.73 Å². The van der Waals surface area contributed by atoms with Gasteiger partial charge in [-0.3, -0.25) is 9.88 Å². The fraction of sp³-hybridized carbons (Fsp3) is 0.455. The second-order valence-corrected chi connectivity index (χ2v) is 5.34. The van der Waals surface area contributed by atoms with Crippen molar-refractivity contribution in [3.63, 3.8) is 0 Å². The average molecular weight is 302 g/mol. The molecule has 0 radical (unpaired) electrons. The Morgan fingerprint density at radius 3 is 2.81 bits per heavy atom. The van der Waals surface area contributed by atoms with E-state index >= 15 is 0 Å². The van der Waals surface area contributed by atoms with Gasteiger partial charge in [-0.1, -0.05) is 12.2 Å². The van der Waals surface area contributed by atoms with E-state index in [2.05, 4.69) is 32.7 Å². The number of thiocarbonyl (C=S) groups is 1. The summed E-state index contributed by atoms with van der Waals surface area (Å²) in [6, 6.07) is 4.34. The van der Waals surface area contributed by atoms with Gasteiger partial charge in [-0.2, -0.15) is 0 Å². The van der Waals surface area contributed by atoms with Crippen molar-refractivity contribution in [3.8, 4) is 0 Å². The molecule has 0 aliphatic rings. The molecule has 16 heavy (non-hydrogen) atoms. The van der Waals surface area contributed by atoms with Gasteiger partial charge in [-0.25, -0.2) is 0 Å². The summed E-state index contributed by atoms with van der Waals surface area (Å²) in [6.45, 7) is 2.91. The maximum Gasteiger partial charge on any atom is 0.0742 e. The molecule has 3 nitrogen and oxygen atoms in total. The van der Waals surface area contributed by atoms with E-state index in [1.165, 1.54) is 0 Å². The van der Waals surface area contributed by atoms with Crippen LogP contribution in [0.25, 0.3) is 0 Å². The fourth-order valence-corrected chi connectivity index (χ4v) is 1.83. The van der Waals surface area contributed by atoms with Crippen LogP contribution in [0.2, 0.25) is 0 Å². The second kappa shape index (κ2) is 6.27. The molecule has 0 saturated heterocycles. The maximum absolute atomic E-state index is 5.53. The van der Waals surface area contributed by atoms with Gasteiger partial charge in [0.25, 0.3) is 0 Å². The molecule has 1 unspecified atom stereocenters.